The Balaban J connectivity index is 2.17. The summed E-state index contributed by atoms with van der Waals surface area (Å²) in [5, 5.41) is 3.08. The van der Waals surface area contributed by atoms with Crippen LogP contribution in [0.15, 0.2) is 47.6 Å². The lowest BCUT2D eigenvalue weighted by Gasteiger charge is -2.13. The molecular weight excluding hydrogens is 308 g/mol. The number of methoxy groups -OCH3 is 1. The van der Waals surface area contributed by atoms with Crippen molar-refractivity contribution < 1.29 is 14.4 Å². The first-order chi connectivity index (χ1) is 11.6. The molecule has 7 heteroatoms. The second-order valence-electron chi connectivity index (χ2n) is 4.97. The van der Waals surface area contributed by atoms with Crippen molar-refractivity contribution in [2.45, 2.75) is 20.4 Å². The van der Waals surface area contributed by atoms with Crippen molar-refractivity contribution in [3.8, 4) is 5.75 Å². The Morgan fingerprint density at radius 3 is 2.75 bits per heavy atom. The number of hydrogen-bond acceptors (Lipinski definition) is 5. The van der Waals surface area contributed by atoms with E-state index >= 15 is 0 Å². The van der Waals surface area contributed by atoms with E-state index in [1.54, 1.807) is 13.3 Å². The van der Waals surface area contributed by atoms with Gasteiger partial charge in [-0.2, -0.15) is 10.5 Å². The number of para-hydroxylation sites is 1. The molecule has 2 aromatic rings. The van der Waals surface area contributed by atoms with Gasteiger partial charge in [-0.15, -0.1) is 0 Å². The van der Waals surface area contributed by atoms with Gasteiger partial charge in [0.25, 0.3) is 0 Å². The van der Waals surface area contributed by atoms with Gasteiger partial charge in [-0.1, -0.05) is 24.3 Å². The van der Waals surface area contributed by atoms with Crippen molar-refractivity contribution in [3.63, 3.8) is 0 Å². The van der Waals surface area contributed by atoms with Crippen LogP contribution in [0, 0.1) is 6.92 Å². The summed E-state index contributed by atoms with van der Waals surface area (Å²) < 4.78 is 5.32. The fraction of sp³-hybridized carbons (Fsp3) is 0.235. The molecule has 0 fully saturated rings. The van der Waals surface area contributed by atoms with Crippen LogP contribution < -0.4 is 15.5 Å². The van der Waals surface area contributed by atoms with Crippen LogP contribution in [0.4, 0.5) is 5.82 Å². The highest BCUT2D eigenvalue weighted by Gasteiger charge is 2.07. The van der Waals surface area contributed by atoms with Gasteiger partial charge < -0.3 is 14.9 Å². The van der Waals surface area contributed by atoms with E-state index in [0.29, 0.717) is 12.4 Å². The number of benzene rings is 1. The first-order valence-corrected chi connectivity index (χ1v) is 7.39. The van der Waals surface area contributed by atoms with Gasteiger partial charge in [0.2, 0.25) is 5.96 Å². The molecule has 0 bridgehead atoms. The number of rotatable bonds is 4. The highest BCUT2D eigenvalue weighted by atomic mass is 16.7. The fourth-order valence-electron chi connectivity index (χ4n) is 1.95. The number of carbonyl (C=O) groups excluding carboxylic acids is 1. The van der Waals surface area contributed by atoms with Gasteiger partial charge in [-0.3, -0.25) is 4.79 Å². The maximum absolute atomic E-state index is 11.0. The molecule has 0 atom stereocenters. The number of ether oxygens (including phenoxy) is 1. The van der Waals surface area contributed by atoms with E-state index in [1.807, 2.05) is 43.3 Å². The normalized spacial score (nSPS) is 10.9. The molecule has 126 valence electrons. The van der Waals surface area contributed by atoms with E-state index in [1.165, 1.54) is 6.92 Å². The zero-order valence-electron chi connectivity index (χ0n) is 13.9. The number of aryl methyl sites for hydroxylation is 1. The fourth-order valence-corrected chi connectivity index (χ4v) is 1.95. The van der Waals surface area contributed by atoms with Crippen LogP contribution in [0.3, 0.4) is 0 Å². The summed E-state index contributed by atoms with van der Waals surface area (Å²) in [6, 6.07) is 11.3. The Morgan fingerprint density at radius 2 is 2.04 bits per heavy atom. The summed E-state index contributed by atoms with van der Waals surface area (Å²) in [5.41, 5.74) is 4.35. The summed E-state index contributed by atoms with van der Waals surface area (Å²) in [7, 11) is 1.61. The van der Waals surface area contributed by atoms with E-state index in [-0.39, 0.29) is 5.96 Å². The molecule has 1 aromatic heterocycles. The summed E-state index contributed by atoms with van der Waals surface area (Å²) in [6.07, 6.45) is 1.65. The van der Waals surface area contributed by atoms with E-state index in [0.717, 1.165) is 16.9 Å². The molecule has 1 aromatic carbocycles. The molecule has 24 heavy (non-hydrogen) atoms. The average molecular weight is 328 g/mol. The topological polar surface area (TPSA) is 84.8 Å². The number of aliphatic imine (C=N–C) groups is 1. The van der Waals surface area contributed by atoms with Crippen LogP contribution in [0.5, 0.6) is 5.75 Å². The van der Waals surface area contributed by atoms with Crippen molar-refractivity contribution in [3.05, 3.63) is 53.7 Å². The van der Waals surface area contributed by atoms with Crippen LogP contribution in [-0.4, -0.2) is 24.0 Å². The second kappa shape index (κ2) is 8.52. The van der Waals surface area contributed by atoms with Gasteiger partial charge in [0.1, 0.15) is 5.75 Å². The maximum Gasteiger partial charge on any atom is 0.329 e. The quantitative estimate of drug-likeness (QED) is 0.509. The van der Waals surface area contributed by atoms with E-state index in [2.05, 4.69) is 20.8 Å². The number of carbonyl (C=O) groups is 1. The lowest BCUT2D eigenvalue weighted by molar-refractivity contribution is -0.145. The van der Waals surface area contributed by atoms with Crippen molar-refractivity contribution in [2.75, 3.05) is 7.11 Å². The van der Waals surface area contributed by atoms with Gasteiger partial charge in [0.05, 0.1) is 7.11 Å². The van der Waals surface area contributed by atoms with Gasteiger partial charge in [0, 0.05) is 25.2 Å². The molecule has 7 nitrogen and oxygen atoms in total. The molecule has 0 aliphatic carbocycles. The van der Waals surface area contributed by atoms with E-state index in [4.69, 9.17) is 9.57 Å². The molecule has 0 amide bonds. The Kier molecular flexibility index (Phi) is 6.13. The third kappa shape index (κ3) is 4.98. The Hall–Kier alpha value is -3.09. The minimum atomic E-state index is -0.473. The van der Waals surface area contributed by atoms with Crippen molar-refractivity contribution in [2.24, 2.45) is 4.99 Å². The zero-order chi connectivity index (χ0) is 17.4. The molecule has 0 radical (unpaired) electrons. The summed E-state index contributed by atoms with van der Waals surface area (Å²) in [5.74, 6) is 1.09. The summed E-state index contributed by atoms with van der Waals surface area (Å²) >= 11 is 0. The minimum Gasteiger partial charge on any atom is -0.496 e. The standard InChI is InChI=1S/C17H20N4O3/c1-12-7-6-10-18-16(12)20-17(21-24-13(2)22)19-11-14-8-4-5-9-15(14)23-3/h4-10H,11H2,1-3H3,(H2,18,19,20,21). The predicted molar refractivity (Wildman–Crippen MR) is 90.8 cm³/mol. The number of pyridine rings is 1. The zero-order valence-corrected chi connectivity index (χ0v) is 13.9. The number of nitrogens with one attached hydrogen (secondary N) is 2. The van der Waals surface area contributed by atoms with Crippen molar-refractivity contribution in [1.82, 2.24) is 15.8 Å². The van der Waals surface area contributed by atoms with Crippen LogP contribution in [0.2, 0.25) is 0 Å². The molecule has 0 spiro atoms. The Morgan fingerprint density at radius 1 is 1.25 bits per heavy atom. The molecule has 0 saturated carbocycles. The second-order valence-corrected chi connectivity index (χ2v) is 4.97. The molecular formula is C17H20N4O3. The molecule has 0 aliphatic heterocycles. The van der Waals surface area contributed by atoms with Gasteiger partial charge in [-0.25, -0.2) is 4.98 Å². The predicted octanol–water partition coefficient (Wildman–Crippen LogP) is 2.24. The van der Waals surface area contributed by atoms with Crippen LogP contribution in [0.1, 0.15) is 18.1 Å². The summed E-state index contributed by atoms with van der Waals surface area (Å²) in [4.78, 5) is 24.4. The van der Waals surface area contributed by atoms with Gasteiger partial charge in [0.15, 0.2) is 5.82 Å². The molecule has 2 N–H and O–H groups in total. The van der Waals surface area contributed by atoms with Crippen LogP contribution in [0.25, 0.3) is 0 Å². The highest BCUT2D eigenvalue weighted by Crippen LogP contribution is 2.17. The van der Waals surface area contributed by atoms with Crippen LogP contribution in [-0.2, 0) is 16.2 Å². The van der Waals surface area contributed by atoms with Gasteiger partial charge in [-0.05, 0) is 24.6 Å². The minimum absolute atomic E-state index is 0.276. The molecule has 1 heterocycles. The number of aromatic nitrogens is 1. The first-order valence-electron chi connectivity index (χ1n) is 7.39. The largest absolute Gasteiger partial charge is 0.496 e. The Labute approximate surface area is 140 Å². The first kappa shape index (κ1) is 17.3. The maximum atomic E-state index is 11.0. The van der Waals surface area contributed by atoms with E-state index in [9.17, 15) is 4.79 Å². The van der Waals surface area contributed by atoms with Gasteiger partial charge >= 0.3 is 5.97 Å². The number of hydrogen-bond donors (Lipinski definition) is 2. The molecule has 2 rings (SSSR count). The SMILES string of the molecule is COc1ccccc1CNC(=Nc1ncccc1C)NOC(C)=O. The number of guanidine groups is 1. The Bertz CT molecular complexity index is 731. The lowest BCUT2D eigenvalue weighted by Crippen LogP contribution is -2.37. The molecule has 0 unspecified atom stereocenters. The summed E-state index contributed by atoms with van der Waals surface area (Å²) in [6.45, 7) is 3.63. The smallest absolute Gasteiger partial charge is 0.329 e. The number of nitrogens with zero attached hydrogens (tertiary/aromatic N) is 2. The average Bonchev–Trinajstić information content (AvgIpc) is 2.59. The lowest BCUT2D eigenvalue weighted by atomic mass is 10.2. The third-order valence-electron chi connectivity index (χ3n) is 3.13. The molecule has 0 aliphatic rings. The number of hydroxylamine groups is 1. The van der Waals surface area contributed by atoms with Crippen molar-refractivity contribution >= 4 is 17.7 Å². The highest BCUT2D eigenvalue weighted by molar-refractivity contribution is 5.83. The van der Waals surface area contributed by atoms with E-state index < -0.39 is 5.97 Å². The molecule has 0 saturated heterocycles. The monoisotopic (exact) mass is 328 g/mol. The third-order valence-corrected chi connectivity index (χ3v) is 3.13. The van der Waals surface area contributed by atoms with Crippen LogP contribution >= 0.6 is 0 Å². The van der Waals surface area contributed by atoms with Crippen molar-refractivity contribution in [1.29, 1.82) is 0 Å².